The average Bonchev–Trinajstić information content (AvgIpc) is 2.03. The molecule has 1 rings (SSSR count). The third kappa shape index (κ3) is 2.12. The second-order valence-corrected chi connectivity index (χ2v) is 2.12. The van der Waals surface area contributed by atoms with Gasteiger partial charge in [-0.1, -0.05) is 0 Å². The van der Waals surface area contributed by atoms with Gasteiger partial charge in [-0.2, -0.15) is 0 Å². The van der Waals surface area contributed by atoms with E-state index in [-0.39, 0.29) is 18.1 Å². The van der Waals surface area contributed by atoms with Gasteiger partial charge in [0.2, 0.25) is 0 Å². The highest BCUT2D eigenvalue weighted by atomic mass is 16.4. The lowest BCUT2D eigenvalue weighted by molar-refractivity contribution is -0.134. The summed E-state index contributed by atoms with van der Waals surface area (Å²) in [4.78, 5) is 13.8. The lowest BCUT2D eigenvalue weighted by atomic mass is 10.4. The fraction of sp³-hybridized carbons (Fsp3) is 0.143. The highest BCUT2D eigenvalue weighted by Crippen LogP contribution is 2.17. The van der Waals surface area contributed by atoms with Crippen LogP contribution in [0.3, 0.4) is 0 Å². The maximum atomic E-state index is 10.1. The lowest BCUT2D eigenvalue weighted by Crippen LogP contribution is -2.13. The Labute approximate surface area is 68.7 Å². The van der Waals surface area contributed by atoms with Crippen molar-refractivity contribution >= 4 is 11.8 Å². The van der Waals surface area contributed by atoms with E-state index in [1.54, 1.807) is 6.07 Å². The van der Waals surface area contributed by atoms with Crippen molar-refractivity contribution in [3.05, 3.63) is 18.3 Å². The Bertz CT molecular complexity index is 288. The molecule has 0 saturated heterocycles. The van der Waals surface area contributed by atoms with Gasteiger partial charge in [-0.3, -0.25) is 4.79 Å². The predicted molar refractivity (Wildman–Crippen MR) is 42.0 cm³/mol. The van der Waals surface area contributed by atoms with Gasteiger partial charge in [0.15, 0.2) is 11.6 Å². The van der Waals surface area contributed by atoms with Crippen molar-refractivity contribution in [1.29, 1.82) is 0 Å². The highest BCUT2D eigenvalue weighted by molar-refractivity contribution is 5.72. The van der Waals surface area contributed by atoms with Crippen molar-refractivity contribution < 1.29 is 15.0 Å². The number of aromatic nitrogens is 1. The largest absolute Gasteiger partial charge is 0.504 e. The molecule has 0 unspecified atom stereocenters. The summed E-state index contributed by atoms with van der Waals surface area (Å²) in [6.07, 6.45) is 1.46. The first-order valence-corrected chi connectivity index (χ1v) is 3.30. The number of nitrogens with one attached hydrogen (secondary N) is 1. The molecule has 0 aromatic carbocycles. The minimum Gasteiger partial charge on any atom is -0.504 e. The molecule has 0 bridgehead atoms. The number of rotatable bonds is 3. The van der Waals surface area contributed by atoms with Crippen molar-refractivity contribution in [2.24, 2.45) is 0 Å². The van der Waals surface area contributed by atoms with Crippen LogP contribution in [0.1, 0.15) is 0 Å². The molecule has 64 valence electrons. The normalized spacial score (nSPS) is 9.33. The van der Waals surface area contributed by atoms with Gasteiger partial charge < -0.3 is 15.5 Å². The van der Waals surface area contributed by atoms with Gasteiger partial charge in [0, 0.05) is 6.20 Å². The van der Waals surface area contributed by atoms with Crippen LogP contribution in [0.2, 0.25) is 0 Å². The summed E-state index contributed by atoms with van der Waals surface area (Å²) < 4.78 is 0. The van der Waals surface area contributed by atoms with E-state index in [0.29, 0.717) is 0 Å². The topological polar surface area (TPSA) is 82.5 Å². The molecule has 5 heteroatoms. The van der Waals surface area contributed by atoms with E-state index in [0.717, 1.165) is 0 Å². The second kappa shape index (κ2) is 3.56. The molecular weight excluding hydrogens is 160 g/mol. The van der Waals surface area contributed by atoms with Crippen LogP contribution in [0.5, 0.6) is 5.75 Å². The zero-order chi connectivity index (χ0) is 8.97. The van der Waals surface area contributed by atoms with E-state index < -0.39 is 5.97 Å². The summed E-state index contributed by atoms with van der Waals surface area (Å²) in [5.74, 6) is -0.876. The van der Waals surface area contributed by atoms with Gasteiger partial charge in [0.1, 0.15) is 6.54 Å². The van der Waals surface area contributed by atoms with Crippen molar-refractivity contribution in [2.45, 2.75) is 0 Å². The van der Waals surface area contributed by atoms with Crippen LogP contribution < -0.4 is 5.32 Å². The molecule has 0 amide bonds. The first kappa shape index (κ1) is 8.32. The molecule has 0 atom stereocenters. The molecule has 0 aliphatic carbocycles. The molecule has 1 aromatic heterocycles. The third-order valence-corrected chi connectivity index (χ3v) is 1.19. The number of aliphatic carboxylic acids is 1. The molecule has 1 heterocycles. The average molecular weight is 168 g/mol. The smallest absolute Gasteiger partial charge is 0.322 e. The molecular formula is C7H8N2O3. The Balaban J connectivity index is 2.63. The molecule has 0 aliphatic rings. The molecule has 12 heavy (non-hydrogen) atoms. The number of carboxylic acid groups (broad SMARTS) is 1. The minimum absolute atomic E-state index is 0.0567. The lowest BCUT2D eigenvalue weighted by Gasteiger charge is -2.02. The van der Waals surface area contributed by atoms with Gasteiger partial charge in [-0.25, -0.2) is 4.98 Å². The third-order valence-electron chi connectivity index (χ3n) is 1.19. The quantitative estimate of drug-likeness (QED) is 0.604. The van der Waals surface area contributed by atoms with Crippen LogP contribution in [-0.4, -0.2) is 27.7 Å². The summed E-state index contributed by atoms with van der Waals surface area (Å²) in [5.41, 5.74) is 0. The van der Waals surface area contributed by atoms with Crippen molar-refractivity contribution in [2.75, 3.05) is 11.9 Å². The standard InChI is InChI=1S/C7H8N2O3/c10-5-2-1-3-8-7(5)9-4-6(11)12/h1-3,10H,4H2,(H,8,9)(H,11,12). The maximum absolute atomic E-state index is 10.1. The molecule has 0 radical (unpaired) electrons. The second-order valence-electron chi connectivity index (χ2n) is 2.12. The summed E-state index contributed by atoms with van der Waals surface area (Å²) in [5, 5.41) is 19.9. The van der Waals surface area contributed by atoms with Crippen LogP contribution in [0.15, 0.2) is 18.3 Å². The van der Waals surface area contributed by atoms with Crippen LogP contribution in [0.4, 0.5) is 5.82 Å². The fourth-order valence-corrected chi connectivity index (χ4v) is 0.692. The maximum Gasteiger partial charge on any atom is 0.322 e. The van der Waals surface area contributed by atoms with E-state index in [1.165, 1.54) is 12.3 Å². The Morgan fingerprint density at radius 1 is 1.67 bits per heavy atom. The Morgan fingerprint density at radius 2 is 2.42 bits per heavy atom. The summed E-state index contributed by atoms with van der Waals surface area (Å²) in [7, 11) is 0. The SMILES string of the molecule is O=C(O)CNc1ncccc1O. The van der Waals surface area contributed by atoms with Crippen molar-refractivity contribution in [3.63, 3.8) is 0 Å². The highest BCUT2D eigenvalue weighted by Gasteiger charge is 2.01. The Morgan fingerprint density at radius 3 is 3.00 bits per heavy atom. The first-order chi connectivity index (χ1) is 5.70. The monoisotopic (exact) mass is 168 g/mol. The van der Waals surface area contributed by atoms with E-state index in [2.05, 4.69) is 10.3 Å². The molecule has 3 N–H and O–H groups in total. The molecule has 5 nitrogen and oxygen atoms in total. The van der Waals surface area contributed by atoms with Gasteiger partial charge >= 0.3 is 5.97 Å². The number of carboxylic acids is 1. The van der Waals surface area contributed by atoms with Crippen molar-refractivity contribution in [3.8, 4) is 5.75 Å². The number of carbonyl (C=O) groups is 1. The summed E-state index contributed by atoms with van der Waals surface area (Å²) in [6.45, 7) is -0.259. The number of nitrogens with zero attached hydrogens (tertiary/aromatic N) is 1. The first-order valence-electron chi connectivity index (χ1n) is 3.30. The van der Waals surface area contributed by atoms with Crippen molar-refractivity contribution in [1.82, 2.24) is 4.98 Å². The number of hydrogen-bond donors (Lipinski definition) is 3. The predicted octanol–water partition coefficient (Wildman–Crippen LogP) is 0.284. The minimum atomic E-state index is -1.000. The number of pyridine rings is 1. The molecule has 0 fully saturated rings. The summed E-state index contributed by atoms with van der Waals surface area (Å²) in [6, 6.07) is 2.98. The van der Waals surface area contributed by atoms with E-state index in [9.17, 15) is 4.79 Å². The fourth-order valence-electron chi connectivity index (χ4n) is 0.692. The molecule has 0 saturated carbocycles. The van der Waals surface area contributed by atoms with Gasteiger partial charge in [-0.15, -0.1) is 0 Å². The van der Waals surface area contributed by atoms with Crippen LogP contribution in [-0.2, 0) is 4.79 Å². The van der Waals surface area contributed by atoms with Crippen LogP contribution in [0.25, 0.3) is 0 Å². The molecule has 1 aromatic rings. The zero-order valence-electron chi connectivity index (χ0n) is 6.19. The van der Waals surface area contributed by atoms with Gasteiger partial charge in [0.05, 0.1) is 0 Å². The van der Waals surface area contributed by atoms with E-state index >= 15 is 0 Å². The Hall–Kier alpha value is -1.78. The van der Waals surface area contributed by atoms with E-state index in [4.69, 9.17) is 10.2 Å². The Kier molecular flexibility index (Phi) is 2.47. The molecule has 0 spiro atoms. The van der Waals surface area contributed by atoms with Crippen LogP contribution in [0, 0.1) is 0 Å². The molecule has 0 aliphatic heterocycles. The number of aromatic hydroxyl groups is 1. The van der Waals surface area contributed by atoms with E-state index in [1.807, 2.05) is 0 Å². The zero-order valence-corrected chi connectivity index (χ0v) is 6.19. The van der Waals surface area contributed by atoms with Gasteiger partial charge in [-0.05, 0) is 12.1 Å². The van der Waals surface area contributed by atoms with Crippen LogP contribution >= 0.6 is 0 Å². The number of hydrogen-bond acceptors (Lipinski definition) is 4. The van der Waals surface area contributed by atoms with Gasteiger partial charge in [0.25, 0.3) is 0 Å². The summed E-state index contributed by atoms with van der Waals surface area (Å²) >= 11 is 0. The number of anilines is 1.